The molecule has 0 amide bonds. The number of nitrogens with one attached hydrogen (secondary N) is 1. The van der Waals surface area contributed by atoms with E-state index >= 15 is 0 Å². The molecule has 0 heterocycles. The summed E-state index contributed by atoms with van der Waals surface area (Å²) >= 11 is 7.12. The lowest BCUT2D eigenvalue weighted by molar-refractivity contribution is 0.603. The molecular weight excluding hydrogens is 278 g/mol. The van der Waals surface area contributed by atoms with Gasteiger partial charge in [-0.05, 0) is 12.1 Å². The zero-order valence-corrected chi connectivity index (χ0v) is 12.4. The fraction of sp³-hybridized carbons (Fsp3) is 0.455. The molecule has 0 aliphatic rings. The molecule has 6 heteroatoms. The molecule has 0 fully saturated rings. The summed E-state index contributed by atoms with van der Waals surface area (Å²) in [4.78, 5) is 0. The minimum atomic E-state index is -3.57. The predicted octanol–water partition coefficient (Wildman–Crippen LogP) is 3.48. The molecule has 0 aliphatic carbocycles. The number of alkyl halides is 1. The number of thioether (sulfide) groups is 1. The first-order chi connectivity index (χ1) is 7.71. The molecule has 1 N–H and O–H groups in total. The Bertz CT molecular complexity index is 454. The zero-order chi connectivity index (χ0) is 13.1. The smallest absolute Gasteiger partial charge is 0.259 e. The highest BCUT2D eigenvalue weighted by Crippen LogP contribution is 2.33. The Labute approximate surface area is 112 Å². The Morgan fingerprint density at radius 3 is 2.24 bits per heavy atom. The normalized spacial score (nSPS) is 14.4. The van der Waals surface area contributed by atoms with Crippen molar-refractivity contribution in [2.45, 2.75) is 29.6 Å². The highest BCUT2D eigenvalue weighted by atomic mass is 35.5. The van der Waals surface area contributed by atoms with Gasteiger partial charge in [-0.15, -0.1) is 11.8 Å². The van der Waals surface area contributed by atoms with Gasteiger partial charge < -0.3 is 0 Å². The van der Waals surface area contributed by atoms with Crippen LogP contribution in [0.4, 0.5) is 5.69 Å². The van der Waals surface area contributed by atoms with Crippen molar-refractivity contribution in [3.05, 3.63) is 30.3 Å². The Morgan fingerprint density at radius 1 is 1.24 bits per heavy atom. The molecule has 0 saturated carbocycles. The summed E-state index contributed by atoms with van der Waals surface area (Å²) in [7, 11) is -3.57. The highest BCUT2D eigenvalue weighted by Gasteiger charge is 2.28. The van der Waals surface area contributed by atoms with Gasteiger partial charge in [0.1, 0.15) is 0 Å². The number of anilines is 1. The summed E-state index contributed by atoms with van der Waals surface area (Å²) in [6.07, 6.45) is 0. The fourth-order valence-corrected chi connectivity index (χ4v) is 4.62. The van der Waals surface area contributed by atoms with E-state index in [0.717, 1.165) is 0 Å². The number of hydrogen-bond donors (Lipinski definition) is 1. The molecule has 1 unspecified atom stereocenters. The largest absolute Gasteiger partial charge is 0.282 e. The summed E-state index contributed by atoms with van der Waals surface area (Å²) < 4.78 is 25.1. The van der Waals surface area contributed by atoms with E-state index in [4.69, 9.17) is 11.6 Å². The summed E-state index contributed by atoms with van der Waals surface area (Å²) in [6.45, 7) is 5.77. The van der Waals surface area contributed by atoms with Gasteiger partial charge in [-0.1, -0.05) is 50.6 Å². The van der Waals surface area contributed by atoms with Gasteiger partial charge in [-0.2, -0.15) is 0 Å². The van der Waals surface area contributed by atoms with E-state index in [0.29, 0.717) is 5.69 Å². The molecule has 0 aliphatic heterocycles. The first-order valence-electron chi connectivity index (χ1n) is 5.09. The zero-order valence-electron chi connectivity index (χ0n) is 9.98. The Morgan fingerprint density at radius 2 is 1.76 bits per heavy atom. The van der Waals surface area contributed by atoms with Crippen LogP contribution in [0.25, 0.3) is 0 Å². The van der Waals surface area contributed by atoms with Crippen LogP contribution in [-0.4, -0.2) is 17.2 Å². The van der Waals surface area contributed by atoms with Crippen molar-refractivity contribution < 1.29 is 8.42 Å². The molecule has 1 atom stereocenters. The van der Waals surface area contributed by atoms with Gasteiger partial charge in [0.25, 0.3) is 10.0 Å². The van der Waals surface area contributed by atoms with Crippen LogP contribution in [0.1, 0.15) is 20.8 Å². The van der Waals surface area contributed by atoms with Crippen LogP contribution in [0.3, 0.4) is 0 Å². The van der Waals surface area contributed by atoms with Crippen molar-refractivity contribution in [3.8, 4) is 0 Å². The van der Waals surface area contributed by atoms with Crippen LogP contribution in [-0.2, 0) is 10.0 Å². The Hall–Kier alpha value is -0.390. The summed E-state index contributed by atoms with van der Waals surface area (Å²) in [5.41, 5.74) is 0.521. The van der Waals surface area contributed by atoms with E-state index in [1.807, 2.05) is 26.8 Å². The van der Waals surface area contributed by atoms with Crippen LogP contribution in [0.5, 0.6) is 0 Å². The molecule has 0 aromatic heterocycles. The van der Waals surface area contributed by atoms with Gasteiger partial charge in [0, 0.05) is 10.4 Å². The quantitative estimate of drug-likeness (QED) is 0.865. The van der Waals surface area contributed by atoms with Crippen LogP contribution in [0.15, 0.2) is 30.3 Å². The molecule has 1 rings (SSSR count). The standard InChI is InChI=1S/C11H16ClNO2S2/c1-11(2,3)16-10(12)17(14,15)13-9-7-5-4-6-8-9/h4-8,10,13H,1-3H3. The van der Waals surface area contributed by atoms with Crippen LogP contribution < -0.4 is 4.72 Å². The number of sulfonamides is 1. The summed E-state index contributed by atoms with van der Waals surface area (Å²) in [5.74, 6) is 0. The maximum absolute atomic E-state index is 11.9. The lowest BCUT2D eigenvalue weighted by atomic mass is 10.3. The third kappa shape index (κ3) is 5.19. The van der Waals surface area contributed by atoms with Crippen molar-refractivity contribution in [1.29, 1.82) is 0 Å². The maximum atomic E-state index is 11.9. The topological polar surface area (TPSA) is 46.2 Å². The van der Waals surface area contributed by atoms with Gasteiger partial charge in [0.2, 0.25) is 0 Å². The second-order valence-electron chi connectivity index (χ2n) is 4.52. The second-order valence-corrected chi connectivity index (χ2v) is 9.47. The van der Waals surface area contributed by atoms with Crippen molar-refractivity contribution in [1.82, 2.24) is 0 Å². The van der Waals surface area contributed by atoms with E-state index in [-0.39, 0.29) is 4.75 Å². The highest BCUT2D eigenvalue weighted by molar-refractivity contribution is 8.16. The number of halogens is 1. The predicted molar refractivity (Wildman–Crippen MR) is 76.0 cm³/mol. The molecule has 3 nitrogen and oxygen atoms in total. The number of rotatable bonds is 4. The number of para-hydroxylation sites is 1. The number of hydrogen-bond acceptors (Lipinski definition) is 3. The van der Waals surface area contributed by atoms with Crippen molar-refractivity contribution in [2.75, 3.05) is 4.72 Å². The van der Waals surface area contributed by atoms with Crippen LogP contribution in [0, 0.1) is 0 Å². The van der Waals surface area contributed by atoms with Gasteiger partial charge in [-0.3, -0.25) is 4.72 Å². The number of benzene rings is 1. The minimum Gasteiger partial charge on any atom is -0.282 e. The third-order valence-corrected chi connectivity index (χ3v) is 5.64. The van der Waals surface area contributed by atoms with Gasteiger partial charge in [0.15, 0.2) is 4.04 Å². The third-order valence-electron chi connectivity index (χ3n) is 1.72. The van der Waals surface area contributed by atoms with Gasteiger partial charge in [-0.25, -0.2) is 8.42 Å². The molecule has 0 radical (unpaired) electrons. The van der Waals surface area contributed by atoms with Crippen LogP contribution >= 0.6 is 23.4 Å². The van der Waals surface area contributed by atoms with Crippen molar-refractivity contribution in [2.24, 2.45) is 0 Å². The molecule has 17 heavy (non-hydrogen) atoms. The first-order valence-corrected chi connectivity index (χ1v) is 7.95. The van der Waals surface area contributed by atoms with Gasteiger partial charge in [0.05, 0.1) is 0 Å². The van der Waals surface area contributed by atoms with E-state index in [1.54, 1.807) is 24.3 Å². The van der Waals surface area contributed by atoms with Crippen molar-refractivity contribution >= 4 is 39.1 Å². The summed E-state index contributed by atoms with van der Waals surface area (Å²) in [5, 5.41) is 0. The van der Waals surface area contributed by atoms with E-state index < -0.39 is 14.1 Å². The molecule has 96 valence electrons. The maximum Gasteiger partial charge on any atom is 0.259 e. The molecular formula is C11H16ClNO2S2. The monoisotopic (exact) mass is 293 g/mol. The first kappa shape index (κ1) is 14.7. The molecule has 0 bridgehead atoms. The lowest BCUT2D eigenvalue weighted by Gasteiger charge is -2.21. The Balaban J connectivity index is 2.76. The van der Waals surface area contributed by atoms with E-state index in [1.165, 1.54) is 11.8 Å². The van der Waals surface area contributed by atoms with Gasteiger partial charge >= 0.3 is 0 Å². The lowest BCUT2D eigenvalue weighted by Crippen LogP contribution is -2.25. The van der Waals surface area contributed by atoms with Crippen molar-refractivity contribution in [3.63, 3.8) is 0 Å². The van der Waals surface area contributed by atoms with E-state index in [9.17, 15) is 8.42 Å². The average Bonchev–Trinajstić information content (AvgIpc) is 2.15. The molecule has 1 aromatic carbocycles. The molecule has 0 spiro atoms. The summed E-state index contributed by atoms with van der Waals surface area (Å²) in [6, 6.07) is 8.71. The molecule has 1 aromatic rings. The van der Waals surface area contributed by atoms with E-state index in [2.05, 4.69) is 4.72 Å². The Kier molecular flexibility index (Phi) is 4.75. The SMILES string of the molecule is CC(C)(C)SC(Cl)S(=O)(=O)Nc1ccccc1. The second kappa shape index (κ2) is 5.50. The minimum absolute atomic E-state index is 0.210. The van der Waals surface area contributed by atoms with Crippen LogP contribution in [0.2, 0.25) is 0 Å². The fourth-order valence-electron chi connectivity index (χ4n) is 1.06. The average molecular weight is 294 g/mol. The molecule has 0 saturated heterocycles.